The summed E-state index contributed by atoms with van der Waals surface area (Å²) in [6, 6.07) is 3.11. The minimum Gasteiger partial charge on any atom is -0.481 e. The molecule has 1 aromatic carbocycles. The van der Waals surface area contributed by atoms with Crippen molar-refractivity contribution in [1.29, 1.82) is 0 Å². The van der Waals surface area contributed by atoms with E-state index in [9.17, 15) is 22.4 Å². The third kappa shape index (κ3) is 3.90. The van der Waals surface area contributed by atoms with Gasteiger partial charge in [0.05, 0.1) is 6.42 Å². The van der Waals surface area contributed by atoms with Crippen LogP contribution >= 0.6 is 0 Å². The lowest BCUT2D eigenvalue weighted by Crippen LogP contribution is -2.36. The molecule has 0 aromatic heterocycles. The number of hydrogen-bond acceptors (Lipinski definition) is 2. The lowest BCUT2D eigenvalue weighted by atomic mass is 10.2. The summed E-state index contributed by atoms with van der Waals surface area (Å²) in [5.74, 6) is -2.73. The summed E-state index contributed by atoms with van der Waals surface area (Å²) < 4.78 is 55.0. The molecule has 1 aromatic rings. The predicted octanol–water partition coefficient (Wildman–Crippen LogP) is 2.92. The maximum atomic E-state index is 12.9. The van der Waals surface area contributed by atoms with Crippen LogP contribution in [0.25, 0.3) is 0 Å². The summed E-state index contributed by atoms with van der Waals surface area (Å²) >= 11 is 0. The molecule has 1 N–H and O–H groups in total. The fourth-order valence-electron chi connectivity index (χ4n) is 1.24. The zero-order chi connectivity index (χ0) is 13.9. The number of rotatable bonds is 4. The highest BCUT2D eigenvalue weighted by atomic mass is 19.4. The molecular weight excluding hydrogens is 256 g/mol. The Balaban J connectivity index is 2.96. The van der Waals surface area contributed by atoms with Gasteiger partial charge in [-0.25, -0.2) is 4.39 Å². The van der Waals surface area contributed by atoms with Gasteiger partial charge in [-0.3, -0.25) is 4.79 Å². The molecule has 100 valence electrons. The molecule has 1 rings (SSSR count). The lowest BCUT2D eigenvalue weighted by Gasteiger charge is -2.21. The molecule has 0 amide bonds. The fourth-order valence-corrected chi connectivity index (χ4v) is 1.24. The summed E-state index contributed by atoms with van der Waals surface area (Å²) in [7, 11) is 0. The third-order valence-corrected chi connectivity index (χ3v) is 2.14. The van der Waals surface area contributed by atoms with Crippen molar-refractivity contribution in [3.8, 4) is 5.75 Å². The van der Waals surface area contributed by atoms with Gasteiger partial charge in [-0.1, -0.05) is 6.07 Å². The van der Waals surface area contributed by atoms with Gasteiger partial charge >= 0.3 is 12.1 Å². The number of aliphatic carboxylic acids is 1. The van der Waals surface area contributed by atoms with Crippen molar-refractivity contribution in [2.45, 2.75) is 25.6 Å². The minimum atomic E-state index is -4.84. The summed E-state index contributed by atoms with van der Waals surface area (Å²) in [5.41, 5.74) is 0.288. The van der Waals surface area contributed by atoms with Crippen LogP contribution in [0.4, 0.5) is 17.6 Å². The first kappa shape index (κ1) is 14.3. The van der Waals surface area contributed by atoms with Crippen LogP contribution in [-0.4, -0.2) is 23.4 Å². The maximum absolute atomic E-state index is 12.9. The summed E-state index contributed by atoms with van der Waals surface area (Å²) in [5, 5.41) is 8.40. The van der Waals surface area contributed by atoms with E-state index in [-0.39, 0.29) is 11.3 Å². The standard InChI is InChI=1S/C11H10F4O3/c1-6-2-3-7(12)4-8(6)18-9(5-10(16)17)11(13,14)15/h2-4,9H,5H2,1H3,(H,16,17). The molecule has 0 spiro atoms. The molecule has 0 radical (unpaired) electrons. The Morgan fingerprint density at radius 2 is 2.06 bits per heavy atom. The molecular formula is C11H10F4O3. The van der Waals surface area contributed by atoms with E-state index < -0.39 is 30.5 Å². The summed E-state index contributed by atoms with van der Waals surface area (Å²) in [6.45, 7) is 1.43. The number of ether oxygens (including phenoxy) is 1. The largest absolute Gasteiger partial charge is 0.481 e. The van der Waals surface area contributed by atoms with E-state index in [1.165, 1.54) is 13.0 Å². The topological polar surface area (TPSA) is 46.5 Å². The van der Waals surface area contributed by atoms with Crippen LogP contribution < -0.4 is 4.74 Å². The predicted molar refractivity (Wildman–Crippen MR) is 53.9 cm³/mol. The van der Waals surface area contributed by atoms with E-state index in [1.807, 2.05) is 0 Å². The molecule has 0 aliphatic heterocycles. The number of hydrogen-bond donors (Lipinski definition) is 1. The molecule has 0 saturated heterocycles. The summed E-state index contributed by atoms with van der Waals surface area (Å²) in [4.78, 5) is 10.3. The fraction of sp³-hybridized carbons (Fsp3) is 0.364. The molecule has 3 nitrogen and oxygen atoms in total. The first-order valence-corrected chi connectivity index (χ1v) is 4.91. The first-order valence-electron chi connectivity index (χ1n) is 4.91. The summed E-state index contributed by atoms with van der Waals surface area (Å²) in [6.07, 6.45) is -8.58. The maximum Gasteiger partial charge on any atom is 0.426 e. The Labute approximate surface area is 100.0 Å². The van der Waals surface area contributed by atoms with Crippen LogP contribution in [0, 0.1) is 12.7 Å². The Bertz CT molecular complexity index is 442. The average molecular weight is 266 g/mol. The van der Waals surface area contributed by atoms with Crippen molar-refractivity contribution >= 4 is 5.97 Å². The highest BCUT2D eigenvalue weighted by molar-refractivity contribution is 5.67. The number of carboxylic acid groups (broad SMARTS) is 1. The van der Waals surface area contributed by atoms with Crippen LogP contribution in [0.2, 0.25) is 0 Å². The second-order valence-corrected chi connectivity index (χ2v) is 3.66. The van der Waals surface area contributed by atoms with E-state index in [1.54, 1.807) is 0 Å². The molecule has 7 heteroatoms. The normalized spacial score (nSPS) is 13.2. The van der Waals surface area contributed by atoms with Gasteiger partial charge in [0.1, 0.15) is 11.6 Å². The second-order valence-electron chi connectivity index (χ2n) is 3.66. The van der Waals surface area contributed by atoms with Crippen molar-refractivity contribution in [2.75, 3.05) is 0 Å². The zero-order valence-corrected chi connectivity index (χ0v) is 9.29. The van der Waals surface area contributed by atoms with Gasteiger partial charge < -0.3 is 9.84 Å². The van der Waals surface area contributed by atoms with Crippen molar-refractivity contribution in [3.05, 3.63) is 29.6 Å². The highest BCUT2D eigenvalue weighted by Crippen LogP contribution is 2.29. The van der Waals surface area contributed by atoms with Crippen LogP contribution in [0.5, 0.6) is 5.75 Å². The van der Waals surface area contributed by atoms with Crippen LogP contribution in [0.1, 0.15) is 12.0 Å². The number of carbonyl (C=O) groups is 1. The highest BCUT2D eigenvalue weighted by Gasteiger charge is 2.43. The van der Waals surface area contributed by atoms with Crippen molar-refractivity contribution in [1.82, 2.24) is 0 Å². The molecule has 0 aliphatic rings. The smallest absolute Gasteiger partial charge is 0.426 e. The first-order chi connectivity index (χ1) is 8.20. The molecule has 0 saturated carbocycles. The van der Waals surface area contributed by atoms with E-state index in [2.05, 4.69) is 4.74 Å². The van der Waals surface area contributed by atoms with E-state index in [4.69, 9.17) is 5.11 Å². The van der Waals surface area contributed by atoms with E-state index in [0.717, 1.165) is 12.1 Å². The molecule has 0 heterocycles. The zero-order valence-electron chi connectivity index (χ0n) is 9.29. The molecule has 18 heavy (non-hydrogen) atoms. The van der Waals surface area contributed by atoms with Gasteiger partial charge in [0.15, 0.2) is 0 Å². The Hall–Kier alpha value is -1.79. The SMILES string of the molecule is Cc1ccc(F)cc1OC(CC(=O)O)C(F)(F)F. The quantitative estimate of drug-likeness (QED) is 0.852. The Morgan fingerprint density at radius 1 is 1.44 bits per heavy atom. The third-order valence-electron chi connectivity index (χ3n) is 2.14. The van der Waals surface area contributed by atoms with E-state index in [0.29, 0.717) is 0 Å². The number of aryl methyl sites for hydroxylation is 1. The average Bonchev–Trinajstić information content (AvgIpc) is 2.20. The molecule has 0 fully saturated rings. The Kier molecular flexibility index (Phi) is 4.15. The van der Waals surface area contributed by atoms with Gasteiger partial charge in [-0.05, 0) is 18.6 Å². The number of halogens is 4. The Morgan fingerprint density at radius 3 is 2.56 bits per heavy atom. The molecule has 1 unspecified atom stereocenters. The van der Waals surface area contributed by atoms with Crippen molar-refractivity contribution in [3.63, 3.8) is 0 Å². The van der Waals surface area contributed by atoms with Gasteiger partial charge in [-0.2, -0.15) is 13.2 Å². The number of carboxylic acids is 1. The molecule has 0 aliphatic carbocycles. The lowest BCUT2D eigenvalue weighted by molar-refractivity contribution is -0.200. The van der Waals surface area contributed by atoms with Crippen LogP contribution in [0.3, 0.4) is 0 Å². The van der Waals surface area contributed by atoms with Crippen LogP contribution in [0.15, 0.2) is 18.2 Å². The van der Waals surface area contributed by atoms with Crippen molar-refractivity contribution in [2.24, 2.45) is 0 Å². The van der Waals surface area contributed by atoms with E-state index >= 15 is 0 Å². The molecule has 1 atom stereocenters. The number of benzene rings is 1. The van der Waals surface area contributed by atoms with Crippen LogP contribution in [-0.2, 0) is 4.79 Å². The molecule has 0 bridgehead atoms. The second kappa shape index (κ2) is 5.24. The number of alkyl halides is 3. The minimum absolute atomic E-state index is 0.288. The van der Waals surface area contributed by atoms with Gasteiger partial charge in [0.2, 0.25) is 6.10 Å². The monoisotopic (exact) mass is 266 g/mol. The van der Waals surface area contributed by atoms with Gasteiger partial charge in [0.25, 0.3) is 0 Å². The van der Waals surface area contributed by atoms with Crippen molar-refractivity contribution < 1.29 is 32.2 Å². The van der Waals surface area contributed by atoms with Gasteiger partial charge in [-0.15, -0.1) is 0 Å². The van der Waals surface area contributed by atoms with Gasteiger partial charge in [0, 0.05) is 6.07 Å².